The highest BCUT2D eigenvalue weighted by atomic mass is 19.1. The maximum atomic E-state index is 14.0. The SMILES string of the molecule is CCCN1C(=O)C(=O)/C(=C(/O)c2cc(F)ccc2OC)C1c1cccc2ccccc12. The van der Waals surface area contributed by atoms with Crippen molar-refractivity contribution in [2.45, 2.75) is 19.4 Å². The van der Waals surface area contributed by atoms with Crippen LogP contribution in [0.25, 0.3) is 16.5 Å². The van der Waals surface area contributed by atoms with Crippen molar-refractivity contribution < 1.29 is 23.8 Å². The van der Waals surface area contributed by atoms with E-state index < -0.39 is 29.3 Å². The van der Waals surface area contributed by atoms with E-state index in [9.17, 15) is 19.1 Å². The molecular formula is C25H22FNO4. The van der Waals surface area contributed by atoms with Crippen molar-refractivity contribution >= 4 is 28.2 Å². The number of ketones is 1. The first-order chi connectivity index (χ1) is 15.0. The number of hydrogen-bond acceptors (Lipinski definition) is 4. The molecule has 1 heterocycles. The Kier molecular flexibility index (Phi) is 5.46. The fourth-order valence-electron chi connectivity index (χ4n) is 4.17. The van der Waals surface area contributed by atoms with Crippen LogP contribution in [0.3, 0.4) is 0 Å². The van der Waals surface area contributed by atoms with Gasteiger partial charge < -0.3 is 14.7 Å². The van der Waals surface area contributed by atoms with Crippen LogP contribution in [0.4, 0.5) is 4.39 Å². The number of fused-ring (bicyclic) bond motifs is 1. The van der Waals surface area contributed by atoms with E-state index in [0.717, 1.165) is 22.4 Å². The lowest BCUT2D eigenvalue weighted by Crippen LogP contribution is -2.30. The third-order valence-corrected chi connectivity index (χ3v) is 5.54. The summed E-state index contributed by atoms with van der Waals surface area (Å²) in [5.41, 5.74) is 0.684. The monoisotopic (exact) mass is 419 g/mol. The number of likely N-dealkylation sites (tertiary alicyclic amines) is 1. The van der Waals surface area contributed by atoms with Crippen LogP contribution in [0.2, 0.25) is 0 Å². The second-order valence-corrected chi connectivity index (χ2v) is 7.41. The number of halogens is 1. The number of carbonyl (C=O) groups is 2. The average Bonchev–Trinajstić information content (AvgIpc) is 3.03. The van der Waals surface area contributed by atoms with Crippen molar-refractivity contribution in [2.24, 2.45) is 0 Å². The summed E-state index contributed by atoms with van der Waals surface area (Å²) in [6, 6.07) is 16.2. The molecule has 1 N–H and O–H groups in total. The van der Waals surface area contributed by atoms with Gasteiger partial charge in [-0.2, -0.15) is 0 Å². The molecule has 6 heteroatoms. The third kappa shape index (κ3) is 3.44. The van der Waals surface area contributed by atoms with E-state index in [1.807, 2.05) is 49.4 Å². The summed E-state index contributed by atoms with van der Waals surface area (Å²) in [5, 5.41) is 13.0. The van der Waals surface area contributed by atoms with E-state index in [4.69, 9.17) is 4.74 Å². The number of carbonyl (C=O) groups excluding carboxylic acids is 2. The Hall–Kier alpha value is -3.67. The van der Waals surface area contributed by atoms with E-state index >= 15 is 0 Å². The molecular weight excluding hydrogens is 397 g/mol. The standard InChI is InChI=1S/C25H22FNO4/c1-3-13-27-22(18-10-6-8-15-7-4-5-9-17(15)18)21(24(29)25(27)30)23(28)19-14-16(26)11-12-20(19)31-2/h4-12,14,22,28H,3,13H2,1-2H3/b23-21+. The zero-order valence-electron chi connectivity index (χ0n) is 17.3. The maximum Gasteiger partial charge on any atom is 0.295 e. The van der Waals surface area contributed by atoms with Crippen molar-refractivity contribution in [3.8, 4) is 5.75 Å². The summed E-state index contributed by atoms with van der Waals surface area (Å²) < 4.78 is 19.2. The molecule has 0 spiro atoms. The molecule has 1 amide bonds. The molecule has 5 nitrogen and oxygen atoms in total. The molecule has 158 valence electrons. The van der Waals surface area contributed by atoms with Gasteiger partial charge in [-0.05, 0) is 41.0 Å². The number of hydrogen-bond donors (Lipinski definition) is 1. The fraction of sp³-hybridized carbons (Fsp3) is 0.200. The number of amides is 1. The molecule has 0 aromatic heterocycles. The van der Waals surface area contributed by atoms with E-state index in [0.29, 0.717) is 13.0 Å². The highest BCUT2D eigenvalue weighted by Gasteiger charge is 2.46. The second-order valence-electron chi connectivity index (χ2n) is 7.41. The number of aliphatic hydroxyl groups is 1. The normalized spacial score (nSPS) is 18.0. The van der Waals surface area contributed by atoms with Crippen LogP contribution in [0.5, 0.6) is 5.75 Å². The molecule has 1 fully saturated rings. The topological polar surface area (TPSA) is 66.8 Å². The molecule has 0 bridgehead atoms. The molecule has 0 radical (unpaired) electrons. The predicted octanol–water partition coefficient (Wildman–Crippen LogP) is 4.82. The molecule has 1 atom stereocenters. The van der Waals surface area contributed by atoms with Crippen LogP contribution in [0, 0.1) is 5.82 Å². The van der Waals surface area contributed by atoms with Gasteiger partial charge in [0.1, 0.15) is 17.3 Å². The summed E-state index contributed by atoms with van der Waals surface area (Å²) in [6.07, 6.45) is 0.637. The molecule has 1 aliphatic heterocycles. The van der Waals surface area contributed by atoms with Gasteiger partial charge in [0.05, 0.1) is 24.3 Å². The third-order valence-electron chi connectivity index (χ3n) is 5.54. The minimum Gasteiger partial charge on any atom is -0.507 e. The largest absolute Gasteiger partial charge is 0.507 e. The van der Waals surface area contributed by atoms with Crippen molar-refractivity contribution in [1.29, 1.82) is 0 Å². The lowest BCUT2D eigenvalue weighted by atomic mass is 9.91. The number of methoxy groups -OCH3 is 1. The van der Waals surface area contributed by atoms with Gasteiger partial charge >= 0.3 is 0 Å². The molecule has 3 aromatic rings. The highest BCUT2D eigenvalue weighted by molar-refractivity contribution is 6.46. The average molecular weight is 419 g/mol. The number of nitrogens with zero attached hydrogens (tertiary/aromatic N) is 1. The van der Waals surface area contributed by atoms with Gasteiger partial charge in [0.25, 0.3) is 11.7 Å². The second kappa shape index (κ2) is 8.22. The molecule has 31 heavy (non-hydrogen) atoms. The zero-order chi connectivity index (χ0) is 22.1. The minimum atomic E-state index is -0.796. The van der Waals surface area contributed by atoms with Crippen LogP contribution in [0.1, 0.15) is 30.5 Å². The van der Waals surface area contributed by atoms with Gasteiger partial charge in [-0.15, -0.1) is 0 Å². The van der Waals surface area contributed by atoms with E-state index in [2.05, 4.69) is 0 Å². The number of ether oxygens (including phenoxy) is 1. The van der Waals surface area contributed by atoms with Crippen molar-refractivity contribution in [1.82, 2.24) is 4.90 Å². The molecule has 1 aliphatic rings. The Balaban J connectivity index is 2.01. The van der Waals surface area contributed by atoms with E-state index in [1.54, 1.807) is 0 Å². The molecule has 0 saturated carbocycles. The van der Waals surface area contributed by atoms with E-state index in [-0.39, 0.29) is 16.9 Å². The van der Waals surface area contributed by atoms with Crippen LogP contribution in [-0.4, -0.2) is 35.4 Å². The van der Waals surface area contributed by atoms with Gasteiger partial charge in [-0.3, -0.25) is 9.59 Å². The molecule has 3 aromatic carbocycles. The quantitative estimate of drug-likeness (QED) is 0.366. The van der Waals surface area contributed by atoms with Gasteiger partial charge in [-0.1, -0.05) is 49.4 Å². The summed E-state index contributed by atoms with van der Waals surface area (Å²) in [4.78, 5) is 27.4. The fourth-order valence-corrected chi connectivity index (χ4v) is 4.17. The molecule has 1 saturated heterocycles. The van der Waals surface area contributed by atoms with Gasteiger partial charge in [0.2, 0.25) is 0 Å². The number of Topliss-reactive ketones (excluding diaryl/α,β-unsaturated/α-hetero) is 1. The molecule has 1 unspecified atom stereocenters. The van der Waals surface area contributed by atoms with Crippen LogP contribution in [0.15, 0.2) is 66.2 Å². The Bertz CT molecular complexity index is 1210. The predicted molar refractivity (Wildman–Crippen MR) is 116 cm³/mol. The Morgan fingerprint density at radius 2 is 1.84 bits per heavy atom. The summed E-state index contributed by atoms with van der Waals surface area (Å²) in [6.45, 7) is 2.25. The Morgan fingerprint density at radius 1 is 1.10 bits per heavy atom. The molecule has 4 rings (SSSR count). The number of aliphatic hydroxyl groups excluding tert-OH is 1. The van der Waals surface area contributed by atoms with Crippen molar-refractivity contribution in [2.75, 3.05) is 13.7 Å². The lowest BCUT2D eigenvalue weighted by Gasteiger charge is -2.26. The van der Waals surface area contributed by atoms with Gasteiger partial charge in [-0.25, -0.2) is 4.39 Å². The lowest BCUT2D eigenvalue weighted by molar-refractivity contribution is -0.139. The molecule has 0 aliphatic carbocycles. The smallest absolute Gasteiger partial charge is 0.295 e. The zero-order valence-corrected chi connectivity index (χ0v) is 17.3. The Labute approximate surface area is 179 Å². The van der Waals surface area contributed by atoms with Crippen molar-refractivity contribution in [3.63, 3.8) is 0 Å². The van der Waals surface area contributed by atoms with Crippen molar-refractivity contribution in [3.05, 3.63) is 83.2 Å². The summed E-state index contributed by atoms with van der Waals surface area (Å²) in [7, 11) is 1.39. The first-order valence-corrected chi connectivity index (χ1v) is 10.1. The first-order valence-electron chi connectivity index (χ1n) is 10.1. The van der Waals surface area contributed by atoms with Crippen LogP contribution >= 0.6 is 0 Å². The number of benzene rings is 3. The minimum absolute atomic E-state index is 0.0298. The Morgan fingerprint density at radius 3 is 2.58 bits per heavy atom. The highest BCUT2D eigenvalue weighted by Crippen LogP contribution is 2.43. The first kappa shape index (κ1) is 20.6. The maximum absolute atomic E-state index is 14.0. The van der Waals surface area contributed by atoms with E-state index in [1.165, 1.54) is 24.1 Å². The van der Waals surface area contributed by atoms with Crippen LogP contribution < -0.4 is 4.74 Å². The summed E-state index contributed by atoms with van der Waals surface area (Å²) >= 11 is 0. The van der Waals surface area contributed by atoms with Gasteiger partial charge in [0, 0.05) is 6.54 Å². The summed E-state index contributed by atoms with van der Waals surface area (Å²) in [5.74, 6) is -2.32. The van der Waals surface area contributed by atoms with Crippen LogP contribution in [-0.2, 0) is 9.59 Å². The number of rotatable bonds is 5. The van der Waals surface area contributed by atoms with Gasteiger partial charge in [0.15, 0.2) is 0 Å².